The maximum Gasteiger partial charge on any atom is 0.135 e. The van der Waals surface area contributed by atoms with Crippen LogP contribution in [0.1, 0.15) is 67.2 Å². The molecule has 42 heavy (non-hydrogen) atoms. The SMILES string of the molecule is C1=CC2=C(N=CCC2)C2NC(c3cccc(-c4ccc5c(c4)C4C6=C(CCCC6)OC4c4ccccc4S5)c3)=CC=C12. The summed E-state index contributed by atoms with van der Waals surface area (Å²) in [5, 5.41) is 3.82. The highest BCUT2D eigenvalue weighted by atomic mass is 32.2. The van der Waals surface area contributed by atoms with E-state index in [-0.39, 0.29) is 12.1 Å². The van der Waals surface area contributed by atoms with Crippen LogP contribution in [0.25, 0.3) is 16.8 Å². The lowest BCUT2D eigenvalue weighted by molar-refractivity contribution is 0.124. The lowest BCUT2D eigenvalue weighted by Crippen LogP contribution is -2.35. The van der Waals surface area contributed by atoms with E-state index in [4.69, 9.17) is 9.73 Å². The van der Waals surface area contributed by atoms with Crippen LogP contribution < -0.4 is 5.32 Å². The number of benzene rings is 3. The molecule has 206 valence electrons. The van der Waals surface area contributed by atoms with Crippen LogP contribution in [0.3, 0.4) is 0 Å². The van der Waals surface area contributed by atoms with Crippen molar-refractivity contribution in [3.05, 3.63) is 136 Å². The number of nitrogens with zero attached hydrogens (tertiary/aromatic N) is 1. The van der Waals surface area contributed by atoms with Gasteiger partial charge in [0.1, 0.15) is 6.10 Å². The molecular formula is C38H32N2OS. The van der Waals surface area contributed by atoms with E-state index in [2.05, 4.69) is 103 Å². The van der Waals surface area contributed by atoms with Gasteiger partial charge in [0, 0.05) is 33.7 Å². The van der Waals surface area contributed by atoms with E-state index in [0.717, 1.165) is 31.4 Å². The van der Waals surface area contributed by atoms with Gasteiger partial charge in [-0.05, 0) is 101 Å². The van der Waals surface area contributed by atoms with Gasteiger partial charge in [0.25, 0.3) is 0 Å². The molecule has 2 aliphatic carbocycles. The smallest absolute Gasteiger partial charge is 0.135 e. The number of rotatable bonds is 2. The summed E-state index contributed by atoms with van der Waals surface area (Å²) >= 11 is 1.90. The molecule has 9 rings (SSSR count). The highest BCUT2D eigenvalue weighted by Crippen LogP contribution is 2.58. The number of dihydropyridines is 1. The van der Waals surface area contributed by atoms with E-state index in [1.54, 1.807) is 0 Å². The number of ether oxygens (including phenoxy) is 1. The lowest BCUT2D eigenvalue weighted by Gasteiger charge is -2.31. The lowest BCUT2D eigenvalue weighted by atomic mass is 9.80. The highest BCUT2D eigenvalue weighted by Gasteiger charge is 2.43. The second-order valence-corrected chi connectivity index (χ2v) is 13.1. The van der Waals surface area contributed by atoms with Crippen LogP contribution in [0.15, 0.2) is 134 Å². The molecule has 0 aromatic heterocycles. The molecule has 0 radical (unpaired) electrons. The molecule has 3 aromatic rings. The van der Waals surface area contributed by atoms with Crippen molar-refractivity contribution in [2.24, 2.45) is 4.99 Å². The van der Waals surface area contributed by atoms with Crippen molar-refractivity contribution in [1.29, 1.82) is 0 Å². The van der Waals surface area contributed by atoms with Crippen LogP contribution in [0.4, 0.5) is 0 Å². The Hall–Kier alpha value is -4.02. The molecule has 3 atom stereocenters. The molecule has 0 saturated heterocycles. The molecule has 0 spiro atoms. The first-order valence-corrected chi connectivity index (χ1v) is 16.1. The van der Waals surface area contributed by atoms with Gasteiger partial charge in [-0.25, -0.2) is 0 Å². The first-order chi connectivity index (χ1) is 20.8. The third kappa shape index (κ3) is 3.92. The van der Waals surface area contributed by atoms with Crippen molar-refractivity contribution >= 4 is 23.7 Å². The fraction of sp³-hybridized carbons (Fsp3) is 0.237. The summed E-state index contributed by atoms with van der Waals surface area (Å²) in [5.41, 5.74) is 13.0. The van der Waals surface area contributed by atoms with E-state index >= 15 is 0 Å². The highest BCUT2D eigenvalue weighted by molar-refractivity contribution is 7.99. The van der Waals surface area contributed by atoms with Gasteiger partial charge in [0.05, 0.1) is 23.4 Å². The monoisotopic (exact) mass is 564 g/mol. The van der Waals surface area contributed by atoms with Gasteiger partial charge in [-0.2, -0.15) is 0 Å². The fourth-order valence-electron chi connectivity index (χ4n) is 7.56. The summed E-state index contributed by atoms with van der Waals surface area (Å²) in [6.07, 6.45) is 17.9. The summed E-state index contributed by atoms with van der Waals surface area (Å²) in [4.78, 5) is 7.48. The zero-order valence-electron chi connectivity index (χ0n) is 23.5. The average Bonchev–Trinajstić information content (AvgIpc) is 3.38. The Bertz CT molecular complexity index is 1840. The Morgan fingerprint density at radius 2 is 1.67 bits per heavy atom. The van der Waals surface area contributed by atoms with Crippen LogP contribution in [-0.4, -0.2) is 12.3 Å². The predicted octanol–water partition coefficient (Wildman–Crippen LogP) is 9.43. The number of nitrogens with one attached hydrogen (secondary N) is 1. The van der Waals surface area contributed by atoms with Crippen molar-refractivity contribution in [3.63, 3.8) is 0 Å². The summed E-state index contributed by atoms with van der Waals surface area (Å²) in [7, 11) is 0. The van der Waals surface area contributed by atoms with Crippen molar-refractivity contribution in [3.8, 4) is 11.1 Å². The minimum atomic E-state index is 0.0726. The van der Waals surface area contributed by atoms with Crippen molar-refractivity contribution in [2.75, 3.05) is 0 Å². The number of aliphatic imine (C=N–C) groups is 1. The number of fused-ring (bicyclic) bond motifs is 8. The summed E-state index contributed by atoms with van der Waals surface area (Å²) < 4.78 is 6.78. The first-order valence-electron chi connectivity index (χ1n) is 15.3. The van der Waals surface area contributed by atoms with Gasteiger partial charge in [0.15, 0.2) is 0 Å². The van der Waals surface area contributed by atoms with Gasteiger partial charge < -0.3 is 10.1 Å². The van der Waals surface area contributed by atoms with Crippen LogP contribution in [0, 0.1) is 0 Å². The van der Waals surface area contributed by atoms with Gasteiger partial charge >= 0.3 is 0 Å². The largest absolute Gasteiger partial charge is 0.489 e. The standard InChI is InChI=1S/C38H32N2OS/c1-3-12-32-28(10-1)35-30-22-26(17-19-34(30)42-33-13-4-2-11-29(33)38(35)41-32)25-7-5-8-27(21-25)31-18-16-24-15-14-23-9-6-20-39-36(23)37(24)40-31/h2,4-5,7-8,11,13-22,35,37-38,40H,1,3,6,9-10,12H2. The average molecular weight is 565 g/mol. The van der Waals surface area contributed by atoms with E-state index < -0.39 is 0 Å². The van der Waals surface area contributed by atoms with Crippen LogP contribution in [-0.2, 0) is 4.74 Å². The van der Waals surface area contributed by atoms with Crippen LogP contribution >= 0.6 is 11.8 Å². The van der Waals surface area contributed by atoms with Gasteiger partial charge in [-0.1, -0.05) is 72.5 Å². The molecule has 4 aliphatic heterocycles. The second-order valence-electron chi connectivity index (χ2n) is 12.1. The first kappa shape index (κ1) is 24.6. The van der Waals surface area contributed by atoms with Crippen LogP contribution in [0.5, 0.6) is 0 Å². The molecule has 6 aliphatic rings. The summed E-state index contributed by atoms with van der Waals surface area (Å²) in [6, 6.07) is 25.1. The van der Waals surface area contributed by atoms with E-state index in [9.17, 15) is 0 Å². The predicted molar refractivity (Wildman–Crippen MR) is 171 cm³/mol. The minimum absolute atomic E-state index is 0.0726. The third-order valence-corrected chi connectivity index (χ3v) is 10.8. The summed E-state index contributed by atoms with van der Waals surface area (Å²) in [5.74, 6) is 1.55. The molecule has 0 saturated carbocycles. The van der Waals surface area contributed by atoms with Crippen molar-refractivity contribution in [2.45, 2.75) is 66.4 Å². The second kappa shape index (κ2) is 9.78. The molecule has 3 nitrogen and oxygen atoms in total. The quantitative estimate of drug-likeness (QED) is 0.337. The minimum Gasteiger partial charge on any atom is -0.489 e. The van der Waals surface area contributed by atoms with Gasteiger partial charge in [-0.3, -0.25) is 4.99 Å². The van der Waals surface area contributed by atoms with Gasteiger partial charge in [-0.15, -0.1) is 0 Å². The molecule has 1 N–H and O–H groups in total. The maximum atomic E-state index is 6.78. The third-order valence-electron chi connectivity index (χ3n) is 9.63. The van der Waals surface area contributed by atoms with Crippen molar-refractivity contribution in [1.82, 2.24) is 5.32 Å². The molecule has 4 heterocycles. The van der Waals surface area contributed by atoms with E-state index in [1.165, 1.54) is 78.6 Å². The van der Waals surface area contributed by atoms with Gasteiger partial charge in [0.2, 0.25) is 0 Å². The topological polar surface area (TPSA) is 33.6 Å². The zero-order valence-corrected chi connectivity index (χ0v) is 24.3. The molecule has 4 heteroatoms. The molecule has 3 aromatic carbocycles. The molecule has 0 bridgehead atoms. The van der Waals surface area contributed by atoms with Crippen LogP contribution in [0.2, 0.25) is 0 Å². The Morgan fingerprint density at radius 1 is 0.786 bits per heavy atom. The van der Waals surface area contributed by atoms with E-state index in [1.807, 2.05) is 11.8 Å². The maximum absolute atomic E-state index is 6.78. The molecule has 3 unspecified atom stereocenters. The zero-order chi connectivity index (χ0) is 27.6. The van der Waals surface area contributed by atoms with E-state index in [0.29, 0.717) is 5.92 Å². The summed E-state index contributed by atoms with van der Waals surface area (Å²) in [6.45, 7) is 0. The molecular weight excluding hydrogens is 532 g/mol. The Kier molecular flexibility index (Phi) is 5.72. The fourth-order valence-corrected chi connectivity index (χ4v) is 8.68. The Morgan fingerprint density at radius 3 is 2.67 bits per heavy atom. The molecule has 0 amide bonds. The Labute approximate surface area is 251 Å². The molecule has 0 fully saturated rings. The number of hydrogen-bond acceptors (Lipinski definition) is 4. The Balaban J connectivity index is 1.10. The normalized spacial score (nSPS) is 25.0. The van der Waals surface area contributed by atoms with Crippen molar-refractivity contribution < 1.29 is 4.74 Å². The number of allylic oxidation sites excluding steroid dienone is 5. The number of hydrogen-bond donors (Lipinski definition) is 1.